The molecular formula is CH4N16. The first-order chi connectivity index (χ1) is 8.41. The number of nitrogens with zero attached hydrogens (tertiary/aromatic N) is 15. The summed E-state index contributed by atoms with van der Waals surface area (Å²) in [5.41, 5.74) is 6.18. The van der Waals surface area contributed by atoms with Gasteiger partial charge in [-0.15, -0.1) is 0 Å². The highest BCUT2D eigenvalue weighted by atomic mass is 15.7. The van der Waals surface area contributed by atoms with E-state index >= 15 is 0 Å². The average molecular weight is 240 g/mol. The zero-order valence-electron chi connectivity index (χ0n) is 8.21. The number of rotatable bonds is 7. The Hall–Kier alpha value is -3.20. The van der Waals surface area contributed by atoms with Gasteiger partial charge in [-0.25, -0.2) is 0 Å². The molecule has 0 aromatic carbocycles. The molecule has 0 aromatic heterocycles. The Balaban J connectivity index is 3.80. The maximum Gasteiger partial charge on any atom is 0.0510 e. The van der Waals surface area contributed by atoms with Gasteiger partial charge in [0, 0.05) is 0 Å². The minimum Gasteiger partial charge on any atom is -0.183 e. The van der Waals surface area contributed by atoms with Crippen molar-refractivity contribution >= 4 is 0 Å². The molecule has 88 valence electrons. The summed E-state index contributed by atoms with van der Waals surface area (Å²) < 4.78 is 0. The predicted molar refractivity (Wildman–Crippen MR) is 45.1 cm³/mol. The highest BCUT2D eigenvalue weighted by molar-refractivity contribution is 4.12. The summed E-state index contributed by atoms with van der Waals surface area (Å²) in [4.78, 5) is 0. The van der Waals surface area contributed by atoms with E-state index in [9.17, 15) is 0 Å². The Morgan fingerprint density at radius 1 is 0.471 bits per heavy atom. The van der Waals surface area contributed by atoms with Crippen LogP contribution >= 0.6 is 0 Å². The molecule has 17 heavy (non-hydrogen) atoms. The molecule has 0 aliphatic carbocycles. The van der Waals surface area contributed by atoms with Gasteiger partial charge in [0.2, 0.25) is 0 Å². The van der Waals surface area contributed by atoms with Gasteiger partial charge in [0.1, 0.15) is 0 Å². The Kier molecular flexibility index (Phi) is 10.4. The van der Waals surface area contributed by atoms with Gasteiger partial charge in [-0.2, -0.15) is 10.6 Å². The van der Waals surface area contributed by atoms with E-state index in [1.807, 2.05) is 0 Å². The molecule has 0 aromatic rings. The Bertz CT molecular complexity index is 374. The fraction of sp³-hybridized carbons (Fsp3) is 1.00. The molecule has 0 saturated carbocycles. The maximum absolute atomic E-state index is 6.18. The van der Waals surface area contributed by atoms with Crippen LogP contribution in [0.1, 0.15) is 0 Å². The first-order valence-corrected chi connectivity index (χ1v) is 3.47. The van der Waals surface area contributed by atoms with Crippen LogP contribution in [0.4, 0.5) is 0 Å². The fourth-order valence-electron chi connectivity index (χ4n) is 0.257. The normalized spacial score (nSPS) is 13.9. The lowest BCUT2D eigenvalue weighted by Crippen LogP contribution is -1.50. The molecule has 1 N–H and O–H groups in total. The Morgan fingerprint density at radius 2 is 0.765 bits per heavy atom. The third kappa shape index (κ3) is 12.8. The molecule has 0 spiro atoms. The van der Waals surface area contributed by atoms with E-state index in [4.69, 9.17) is 5.53 Å². The predicted octanol–water partition coefficient (Wildman–Crippen LogP) is 3.22. The van der Waals surface area contributed by atoms with Gasteiger partial charge in [0.15, 0.2) is 0 Å². The summed E-state index contributed by atoms with van der Waals surface area (Å²) in [7, 11) is 1.41. The second kappa shape index (κ2) is 12.8. The lowest BCUT2D eigenvalue weighted by Gasteiger charge is -1.69. The molecule has 0 radical (unpaired) electrons. The van der Waals surface area contributed by atoms with E-state index in [0.29, 0.717) is 0 Å². The van der Waals surface area contributed by atoms with Crippen LogP contribution in [0.3, 0.4) is 0 Å². The van der Waals surface area contributed by atoms with Crippen molar-refractivity contribution in [3.63, 3.8) is 0 Å². The van der Waals surface area contributed by atoms with Crippen molar-refractivity contribution in [2.75, 3.05) is 7.05 Å². The van der Waals surface area contributed by atoms with Crippen molar-refractivity contribution in [1.29, 1.82) is 5.53 Å². The lowest BCUT2D eigenvalue weighted by molar-refractivity contribution is 0.744. The Morgan fingerprint density at radius 3 is 1.06 bits per heavy atom. The van der Waals surface area contributed by atoms with E-state index in [-0.39, 0.29) is 0 Å². The number of hydrogen-bond acceptors (Lipinski definition) is 2. The fourth-order valence-corrected chi connectivity index (χ4v) is 0.257. The molecule has 0 amide bonds. The molecular weight excluding hydrogens is 236 g/mol. The number of hydrogen-bond donors (Lipinski definition) is 1. The van der Waals surface area contributed by atoms with Crippen LogP contribution < -0.4 is 0 Å². The zero-order chi connectivity index (χ0) is 12.6. The van der Waals surface area contributed by atoms with Crippen molar-refractivity contribution < 1.29 is 0 Å². The first-order valence-electron chi connectivity index (χ1n) is 3.47. The third-order valence-corrected chi connectivity index (χ3v) is 0.614. The van der Waals surface area contributed by atoms with E-state index in [1.165, 1.54) is 7.05 Å². The monoisotopic (exact) mass is 240 g/mol. The summed E-state index contributed by atoms with van der Waals surface area (Å²) >= 11 is 0. The molecule has 0 saturated heterocycles. The van der Waals surface area contributed by atoms with Gasteiger partial charge in [-0.1, -0.05) is 0 Å². The molecule has 0 fully saturated rings. The minimum absolute atomic E-state index is 1.41. The van der Waals surface area contributed by atoms with E-state index in [0.717, 1.165) is 0 Å². The lowest BCUT2D eigenvalue weighted by atomic mass is 11.6. The van der Waals surface area contributed by atoms with Gasteiger partial charge < -0.3 is 0 Å². The van der Waals surface area contributed by atoms with Crippen LogP contribution in [0.25, 0.3) is 0 Å². The van der Waals surface area contributed by atoms with Gasteiger partial charge >= 0.3 is 0 Å². The van der Waals surface area contributed by atoms with Crippen LogP contribution in [0.5, 0.6) is 0 Å². The molecule has 0 heterocycles. The van der Waals surface area contributed by atoms with Gasteiger partial charge in [0.25, 0.3) is 0 Å². The number of nitrogens with one attached hydrogen (secondary N) is 1. The van der Waals surface area contributed by atoms with Crippen LogP contribution in [0.2, 0.25) is 0 Å². The van der Waals surface area contributed by atoms with Crippen molar-refractivity contribution in [3.05, 3.63) is 0 Å². The molecule has 0 aliphatic heterocycles. The standard InChI is InChI=1S/CH4N16/c1-3-5-7-9-11-13-15-17-16-14-12-10-8-6-4-2/h2H,1H3. The topological polar surface area (TPSA) is 209 Å². The second-order valence-electron chi connectivity index (χ2n) is 1.46. The molecule has 0 atom stereocenters. The van der Waals surface area contributed by atoms with Crippen molar-refractivity contribution in [2.24, 2.45) is 78.2 Å². The van der Waals surface area contributed by atoms with Gasteiger partial charge in [-0.3, -0.25) is 0 Å². The molecule has 0 unspecified atom stereocenters. The summed E-state index contributed by atoms with van der Waals surface area (Å²) in [5.74, 6) is 0. The van der Waals surface area contributed by atoms with E-state index < -0.39 is 0 Å². The quantitative estimate of drug-likeness (QED) is 0.501. The van der Waals surface area contributed by atoms with Crippen molar-refractivity contribution in [3.8, 4) is 0 Å². The van der Waals surface area contributed by atoms with Crippen molar-refractivity contribution in [2.45, 2.75) is 0 Å². The SMILES string of the molecule is CN=NN=NN=NN=NN=NN=NN=NN=N. The highest BCUT2D eigenvalue weighted by Crippen LogP contribution is 1.88. The molecule has 16 nitrogen and oxygen atoms in total. The molecule has 0 aliphatic rings. The molecule has 0 rings (SSSR count). The van der Waals surface area contributed by atoms with E-state index in [1.54, 1.807) is 0 Å². The minimum atomic E-state index is 1.41. The summed E-state index contributed by atoms with van der Waals surface area (Å²) in [6.45, 7) is 0. The van der Waals surface area contributed by atoms with E-state index in [2.05, 4.69) is 78.2 Å². The maximum atomic E-state index is 6.18. The Labute approximate surface area is 91.9 Å². The molecule has 16 heteroatoms. The van der Waals surface area contributed by atoms with Gasteiger partial charge in [0.05, 0.1) is 7.05 Å². The summed E-state index contributed by atoms with van der Waals surface area (Å²) in [6, 6.07) is 0. The summed E-state index contributed by atoms with van der Waals surface area (Å²) in [6.07, 6.45) is 0. The smallest absolute Gasteiger partial charge is 0.0510 e. The van der Waals surface area contributed by atoms with Crippen LogP contribution in [-0.2, 0) is 0 Å². The van der Waals surface area contributed by atoms with Crippen LogP contribution in [0.15, 0.2) is 78.2 Å². The van der Waals surface area contributed by atoms with Crippen LogP contribution in [0, 0.1) is 5.53 Å². The first kappa shape index (κ1) is 13.8. The highest BCUT2D eigenvalue weighted by Gasteiger charge is 1.69. The van der Waals surface area contributed by atoms with Gasteiger partial charge in [-0.05, 0) is 73.1 Å². The second-order valence-corrected chi connectivity index (χ2v) is 1.46. The third-order valence-electron chi connectivity index (χ3n) is 0.614. The largest absolute Gasteiger partial charge is 0.183 e. The average Bonchev–Trinajstić information content (AvgIpc) is 2.35. The van der Waals surface area contributed by atoms with Crippen LogP contribution in [-0.4, -0.2) is 7.05 Å². The van der Waals surface area contributed by atoms with Crippen molar-refractivity contribution in [1.82, 2.24) is 0 Å². The summed E-state index contributed by atoms with van der Waals surface area (Å²) in [5, 5.41) is 44.4. The molecule has 0 bridgehead atoms. The zero-order valence-corrected chi connectivity index (χ0v) is 8.21.